The van der Waals surface area contributed by atoms with Gasteiger partial charge in [0.1, 0.15) is 0 Å². The molecule has 0 unspecified atom stereocenters. The Hall–Kier alpha value is -1.69. The first-order valence-electron chi connectivity index (χ1n) is 7.01. The first kappa shape index (κ1) is 14.7. The highest BCUT2D eigenvalue weighted by molar-refractivity contribution is 5.95. The van der Waals surface area contributed by atoms with Gasteiger partial charge in [0.05, 0.1) is 5.56 Å². The summed E-state index contributed by atoms with van der Waals surface area (Å²) >= 11 is 0. The summed E-state index contributed by atoms with van der Waals surface area (Å²) in [5.41, 5.74) is 0.0910. The Labute approximate surface area is 118 Å². The Morgan fingerprint density at radius 2 is 2.10 bits per heavy atom. The number of pyridine rings is 1. The number of rotatable bonds is 4. The number of hydrogen-bond acceptors (Lipinski definition) is 4. The van der Waals surface area contributed by atoms with E-state index in [1.165, 1.54) is 12.3 Å². The third-order valence-corrected chi connectivity index (χ3v) is 3.56. The van der Waals surface area contributed by atoms with E-state index in [0.717, 1.165) is 26.1 Å². The van der Waals surface area contributed by atoms with Crippen molar-refractivity contribution in [1.82, 2.24) is 14.8 Å². The maximum atomic E-state index is 14.1. The van der Waals surface area contributed by atoms with Gasteiger partial charge in [-0.05, 0) is 19.0 Å². The lowest BCUT2D eigenvalue weighted by Crippen LogP contribution is -2.48. The van der Waals surface area contributed by atoms with Crippen LogP contribution in [0.5, 0.6) is 0 Å². The summed E-state index contributed by atoms with van der Waals surface area (Å²) in [4.78, 5) is 20.3. The molecule has 5 nitrogen and oxygen atoms in total. The largest absolute Gasteiger partial charge is 0.371 e. The SMILES string of the molecule is CCCN1CCN(C(=O)c2ccnc(NC)c2F)CC1. The monoisotopic (exact) mass is 280 g/mol. The fourth-order valence-electron chi connectivity index (χ4n) is 2.44. The molecule has 0 bridgehead atoms. The molecular formula is C14H21FN4O. The van der Waals surface area contributed by atoms with Crippen LogP contribution in [0.25, 0.3) is 0 Å². The molecule has 1 aromatic rings. The molecule has 1 aromatic heterocycles. The first-order chi connectivity index (χ1) is 9.67. The van der Waals surface area contributed by atoms with Crippen LogP contribution in [-0.4, -0.2) is 60.5 Å². The van der Waals surface area contributed by atoms with Crippen LogP contribution in [0.4, 0.5) is 10.2 Å². The second kappa shape index (κ2) is 6.65. The second-order valence-corrected chi connectivity index (χ2v) is 4.90. The number of amides is 1. The van der Waals surface area contributed by atoms with Crippen LogP contribution >= 0.6 is 0 Å². The number of aromatic nitrogens is 1. The Balaban J connectivity index is 2.06. The van der Waals surface area contributed by atoms with Gasteiger partial charge in [-0.1, -0.05) is 6.92 Å². The molecule has 110 valence electrons. The molecule has 1 amide bonds. The van der Waals surface area contributed by atoms with Gasteiger partial charge in [0, 0.05) is 39.4 Å². The van der Waals surface area contributed by atoms with Gasteiger partial charge in [0.15, 0.2) is 11.6 Å². The number of halogens is 1. The topological polar surface area (TPSA) is 48.5 Å². The molecular weight excluding hydrogens is 259 g/mol. The summed E-state index contributed by atoms with van der Waals surface area (Å²) in [7, 11) is 1.59. The average molecular weight is 280 g/mol. The third-order valence-electron chi connectivity index (χ3n) is 3.56. The summed E-state index contributed by atoms with van der Waals surface area (Å²) < 4.78 is 14.1. The van der Waals surface area contributed by atoms with Crippen LogP contribution in [0.1, 0.15) is 23.7 Å². The van der Waals surface area contributed by atoms with Crippen molar-refractivity contribution in [1.29, 1.82) is 0 Å². The molecule has 2 heterocycles. The fourth-order valence-corrected chi connectivity index (χ4v) is 2.44. The minimum atomic E-state index is -0.573. The van der Waals surface area contributed by atoms with Crippen LogP contribution in [0.15, 0.2) is 12.3 Å². The molecule has 0 radical (unpaired) electrons. The molecule has 0 aromatic carbocycles. The van der Waals surface area contributed by atoms with Gasteiger partial charge in [0.2, 0.25) is 0 Å². The molecule has 1 saturated heterocycles. The Morgan fingerprint density at radius 1 is 1.40 bits per heavy atom. The maximum absolute atomic E-state index is 14.1. The number of piperazine rings is 1. The molecule has 0 aliphatic carbocycles. The Bertz CT molecular complexity index is 472. The first-order valence-corrected chi connectivity index (χ1v) is 7.01. The average Bonchev–Trinajstić information content (AvgIpc) is 2.48. The van der Waals surface area contributed by atoms with E-state index >= 15 is 0 Å². The molecule has 6 heteroatoms. The Morgan fingerprint density at radius 3 is 2.70 bits per heavy atom. The highest BCUT2D eigenvalue weighted by Crippen LogP contribution is 2.17. The number of nitrogens with zero attached hydrogens (tertiary/aromatic N) is 3. The standard InChI is InChI=1S/C14H21FN4O/c1-3-6-18-7-9-19(10-8-18)14(20)11-4-5-17-13(16-2)12(11)15/h4-5H,3,6-10H2,1-2H3,(H,16,17). The van der Waals surface area contributed by atoms with E-state index in [-0.39, 0.29) is 17.3 Å². The predicted octanol–water partition coefficient (Wildman–Crippen LogP) is 1.43. The highest BCUT2D eigenvalue weighted by Gasteiger charge is 2.24. The highest BCUT2D eigenvalue weighted by atomic mass is 19.1. The number of nitrogens with one attached hydrogen (secondary N) is 1. The molecule has 20 heavy (non-hydrogen) atoms. The second-order valence-electron chi connectivity index (χ2n) is 4.90. The minimum Gasteiger partial charge on any atom is -0.371 e. The molecule has 1 fully saturated rings. The zero-order valence-electron chi connectivity index (χ0n) is 12.0. The number of carbonyl (C=O) groups is 1. The molecule has 0 spiro atoms. The van der Waals surface area contributed by atoms with E-state index < -0.39 is 5.82 Å². The number of hydrogen-bond donors (Lipinski definition) is 1. The molecule has 1 aliphatic heterocycles. The Kier molecular flexibility index (Phi) is 4.89. The van der Waals surface area contributed by atoms with Crippen molar-refractivity contribution in [3.63, 3.8) is 0 Å². The third kappa shape index (κ3) is 3.07. The van der Waals surface area contributed by atoms with Gasteiger partial charge >= 0.3 is 0 Å². The van der Waals surface area contributed by atoms with Crippen molar-refractivity contribution in [2.45, 2.75) is 13.3 Å². The van der Waals surface area contributed by atoms with Crippen molar-refractivity contribution in [2.75, 3.05) is 45.1 Å². The van der Waals surface area contributed by atoms with E-state index in [9.17, 15) is 9.18 Å². The normalized spacial score (nSPS) is 16.2. The van der Waals surface area contributed by atoms with Crippen LogP contribution in [-0.2, 0) is 0 Å². The van der Waals surface area contributed by atoms with E-state index in [2.05, 4.69) is 22.1 Å². The maximum Gasteiger partial charge on any atom is 0.257 e. The molecule has 0 saturated carbocycles. The summed E-state index contributed by atoms with van der Waals surface area (Å²) in [5.74, 6) is -0.714. The van der Waals surface area contributed by atoms with Crippen LogP contribution < -0.4 is 5.32 Å². The van der Waals surface area contributed by atoms with Gasteiger partial charge in [-0.3, -0.25) is 9.69 Å². The molecule has 2 rings (SSSR count). The molecule has 0 atom stereocenters. The van der Waals surface area contributed by atoms with E-state index in [4.69, 9.17) is 0 Å². The summed E-state index contributed by atoms with van der Waals surface area (Å²) in [6.07, 6.45) is 2.56. The van der Waals surface area contributed by atoms with Crippen molar-refractivity contribution < 1.29 is 9.18 Å². The summed E-state index contributed by atoms with van der Waals surface area (Å²) in [6, 6.07) is 1.44. The summed E-state index contributed by atoms with van der Waals surface area (Å²) in [6.45, 7) is 6.19. The van der Waals surface area contributed by atoms with Crippen molar-refractivity contribution in [2.24, 2.45) is 0 Å². The van der Waals surface area contributed by atoms with Gasteiger partial charge in [-0.15, -0.1) is 0 Å². The smallest absolute Gasteiger partial charge is 0.257 e. The zero-order chi connectivity index (χ0) is 14.5. The van der Waals surface area contributed by atoms with Gasteiger partial charge in [-0.25, -0.2) is 9.37 Å². The lowest BCUT2D eigenvalue weighted by Gasteiger charge is -2.34. The minimum absolute atomic E-state index is 0.0910. The quantitative estimate of drug-likeness (QED) is 0.906. The lowest BCUT2D eigenvalue weighted by atomic mass is 10.2. The zero-order valence-corrected chi connectivity index (χ0v) is 12.0. The van der Waals surface area contributed by atoms with Crippen LogP contribution in [0, 0.1) is 5.82 Å². The van der Waals surface area contributed by atoms with Gasteiger partial charge in [-0.2, -0.15) is 0 Å². The summed E-state index contributed by atoms with van der Waals surface area (Å²) in [5, 5.41) is 2.65. The molecule has 1 aliphatic rings. The van der Waals surface area contributed by atoms with E-state index in [1.54, 1.807) is 11.9 Å². The number of carbonyl (C=O) groups excluding carboxylic acids is 1. The van der Waals surface area contributed by atoms with Crippen molar-refractivity contribution >= 4 is 11.7 Å². The fraction of sp³-hybridized carbons (Fsp3) is 0.571. The lowest BCUT2D eigenvalue weighted by molar-refractivity contribution is 0.0633. The number of anilines is 1. The predicted molar refractivity (Wildman–Crippen MR) is 76.4 cm³/mol. The van der Waals surface area contributed by atoms with E-state index in [1.807, 2.05) is 0 Å². The van der Waals surface area contributed by atoms with Crippen molar-refractivity contribution in [3.05, 3.63) is 23.6 Å². The van der Waals surface area contributed by atoms with Gasteiger partial charge in [0.25, 0.3) is 5.91 Å². The van der Waals surface area contributed by atoms with Crippen LogP contribution in [0.3, 0.4) is 0 Å². The van der Waals surface area contributed by atoms with Crippen LogP contribution in [0.2, 0.25) is 0 Å². The molecule has 1 N–H and O–H groups in total. The van der Waals surface area contributed by atoms with Crippen molar-refractivity contribution in [3.8, 4) is 0 Å². The van der Waals surface area contributed by atoms with E-state index in [0.29, 0.717) is 13.1 Å². The van der Waals surface area contributed by atoms with Gasteiger partial charge < -0.3 is 10.2 Å².